The van der Waals surface area contributed by atoms with Crippen molar-refractivity contribution in [1.82, 2.24) is 15.0 Å². The van der Waals surface area contributed by atoms with Crippen LogP contribution >= 0.6 is 0 Å². The molecule has 1 saturated carbocycles. The molecule has 31 heavy (non-hydrogen) atoms. The van der Waals surface area contributed by atoms with Crippen molar-refractivity contribution in [1.29, 1.82) is 0 Å². The third-order valence-corrected chi connectivity index (χ3v) is 5.84. The van der Waals surface area contributed by atoms with Crippen molar-refractivity contribution >= 4 is 37.8 Å². The normalized spacial score (nSPS) is 19.2. The van der Waals surface area contributed by atoms with Crippen LogP contribution in [-0.4, -0.2) is 49.0 Å². The Labute approximate surface area is 182 Å². The van der Waals surface area contributed by atoms with Gasteiger partial charge in [0.15, 0.2) is 0 Å². The first-order valence-corrected chi connectivity index (χ1v) is 12.6. The summed E-state index contributed by atoms with van der Waals surface area (Å²) in [7, 11) is -2.27. The first-order valence-electron chi connectivity index (χ1n) is 10.3. The van der Waals surface area contributed by atoms with E-state index in [4.69, 9.17) is 4.74 Å². The monoisotopic (exact) mass is 441 g/mol. The van der Waals surface area contributed by atoms with Gasteiger partial charge in [0.2, 0.25) is 5.88 Å². The zero-order valence-electron chi connectivity index (χ0n) is 17.9. The van der Waals surface area contributed by atoms with Gasteiger partial charge in [0.05, 0.1) is 17.3 Å². The van der Waals surface area contributed by atoms with E-state index in [1.807, 2.05) is 31.2 Å². The summed E-state index contributed by atoms with van der Waals surface area (Å²) in [6.45, 7) is 1.96. The Morgan fingerprint density at radius 3 is 2.68 bits per heavy atom. The molecule has 1 aliphatic rings. The summed E-state index contributed by atoms with van der Waals surface area (Å²) in [5.74, 6) is 1.15. The van der Waals surface area contributed by atoms with Crippen LogP contribution in [-0.2, 0) is 9.73 Å². The van der Waals surface area contributed by atoms with E-state index in [-0.39, 0.29) is 12.2 Å². The molecule has 0 atom stereocenters. The second-order valence-electron chi connectivity index (χ2n) is 8.18. The summed E-state index contributed by atoms with van der Waals surface area (Å²) >= 11 is 0. The number of pyridine rings is 1. The molecule has 9 heteroatoms. The molecule has 0 radical (unpaired) electrons. The summed E-state index contributed by atoms with van der Waals surface area (Å²) in [4.78, 5) is 13.2. The molecule has 3 aromatic rings. The lowest BCUT2D eigenvalue weighted by Crippen LogP contribution is -2.27. The van der Waals surface area contributed by atoms with Crippen LogP contribution in [0.25, 0.3) is 10.9 Å². The summed E-state index contributed by atoms with van der Waals surface area (Å²) in [6.07, 6.45) is 9.29. The third-order valence-electron chi connectivity index (χ3n) is 5.19. The lowest BCUT2D eigenvalue weighted by molar-refractivity contribution is 0.0647. The molecule has 1 fully saturated rings. The van der Waals surface area contributed by atoms with Crippen LogP contribution in [0.5, 0.6) is 5.88 Å². The Bertz CT molecular complexity index is 1210. The van der Waals surface area contributed by atoms with Crippen molar-refractivity contribution in [3.05, 3.63) is 42.4 Å². The molecule has 2 aromatic heterocycles. The van der Waals surface area contributed by atoms with Crippen LogP contribution in [0, 0.1) is 6.92 Å². The Morgan fingerprint density at radius 2 is 1.94 bits per heavy atom. The Kier molecular flexibility index (Phi) is 6.06. The third kappa shape index (κ3) is 5.29. The van der Waals surface area contributed by atoms with Crippen molar-refractivity contribution in [3.8, 4) is 5.88 Å². The van der Waals surface area contributed by atoms with Gasteiger partial charge in [-0.1, -0.05) is 0 Å². The average molecular weight is 442 g/mol. The molecule has 0 unspecified atom stereocenters. The number of rotatable bonds is 5. The topological polar surface area (TPSA) is 110 Å². The first-order chi connectivity index (χ1) is 14.8. The van der Waals surface area contributed by atoms with Crippen molar-refractivity contribution in [2.75, 3.05) is 17.8 Å². The summed E-state index contributed by atoms with van der Waals surface area (Å²) in [5, 5.41) is 13.9. The highest BCUT2D eigenvalue weighted by Crippen LogP contribution is 2.33. The maximum atomic E-state index is 12.1. The van der Waals surface area contributed by atoms with E-state index in [0.717, 1.165) is 36.6 Å². The molecule has 8 nitrogen and oxygen atoms in total. The molecule has 164 valence electrons. The van der Waals surface area contributed by atoms with Gasteiger partial charge in [0.25, 0.3) is 0 Å². The molecule has 1 aliphatic carbocycles. The molecule has 0 saturated heterocycles. The number of benzene rings is 1. The van der Waals surface area contributed by atoms with Gasteiger partial charge in [-0.15, -0.1) is 0 Å². The van der Waals surface area contributed by atoms with Crippen LogP contribution in [0.15, 0.2) is 41.2 Å². The van der Waals surface area contributed by atoms with Crippen LogP contribution in [0.1, 0.15) is 31.2 Å². The van der Waals surface area contributed by atoms with Crippen molar-refractivity contribution in [2.24, 2.45) is 4.36 Å². The Hall–Kier alpha value is -2.78. The fourth-order valence-corrected chi connectivity index (χ4v) is 4.42. The number of aryl methyl sites for hydroxylation is 1. The highest BCUT2D eigenvalue weighted by atomic mass is 32.2. The van der Waals surface area contributed by atoms with E-state index in [1.54, 1.807) is 18.7 Å². The molecule has 4 rings (SSSR count). The minimum atomic E-state index is -2.27. The lowest BCUT2D eigenvalue weighted by Gasteiger charge is -2.26. The van der Waals surface area contributed by atoms with Gasteiger partial charge in [-0.05, 0) is 62.4 Å². The van der Waals surface area contributed by atoms with E-state index in [9.17, 15) is 9.32 Å². The Morgan fingerprint density at radius 1 is 1.16 bits per heavy atom. The fraction of sp³-hybridized carbons (Fsp3) is 0.409. The fourth-order valence-electron chi connectivity index (χ4n) is 3.80. The molecule has 2 N–H and O–H groups in total. The largest absolute Gasteiger partial charge is 0.473 e. The molecule has 0 aliphatic heterocycles. The van der Waals surface area contributed by atoms with Gasteiger partial charge < -0.3 is 15.2 Å². The van der Waals surface area contributed by atoms with Crippen molar-refractivity contribution in [2.45, 2.75) is 44.8 Å². The van der Waals surface area contributed by atoms with Gasteiger partial charge in [-0.3, -0.25) is 0 Å². The molecular weight excluding hydrogens is 414 g/mol. The minimum absolute atomic E-state index is 0.0323. The van der Waals surface area contributed by atoms with Crippen LogP contribution in [0.4, 0.5) is 17.2 Å². The van der Waals surface area contributed by atoms with Gasteiger partial charge >= 0.3 is 0 Å². The number of aliphatic hydroxyl groups is 1. The minimum Gasteiger partial charge on any atom is -0.473 e. The number of nitrogens with zero attached hydrogens (tertiary/aromatic N) is 4. The quantitative estimate of drug-likeness (QED) is 0.613. The van der Waals surface area contributed by atoms with Gasteiger partial charge in [0.1, 0.15) is 23.9 Å². The second kappa shape index (κ2) is 8.76. The summed E-state index contributed by atoms with van der Waals surface area (Å²) in [5.41, 5.74) is 2.99. The molecular formula is C22H27N5O3S. The van der Waals surface area contributed by atoms with E-state index < -0.39 is 9.73 Å². The van der Waals surface area contributed by atoms with Crippen LogP contribution < -0.4 is 10.1 Å². The van der Waals surface area contributed by atoms with Gasteiger partial charge in [0, 0.05) is 33.8 Å². The number of nitrogens with one attached hydrogen (secondary N) is 1. The maximum Gasteiger partial charge on any atom is 0.238 e. The number of anilines is 2. The van der Waals surface area contributed by atoms with Crippen LogP contribution in [0.2, 0.25) is 0 Å². The number of fused-ring (bicyclic) bond motifs is 1. The lowest BCUT2D eigenvalue weighted by atomic mass is 9.95. The average Bonchev–Trinajstić information content (AvgIpc) is 2.70. The summed E-state index contributed by atoms with van der Waals surface area (Å²) in [6, 6.07) is 7.44. The standard InChI is InChI=1S/C22H27N5O3S/c1-14-11-15(27-31(2,3)29)12-19-20(14)21(25-13-24-19)26-18-5-4-10-23-22(18)30-17-8-6-16(28)7-9-17/h4-5,10-13,16-17,28H,6-9H2,1-3H3,(H,24,25,26). The summed E-state index contributed by atoms with van der Waals surface area (Å²) < 4.78 is 22.5. The number of hydrogen-bond acceptors (Lipinski definition) is 8. The number of aliphatic hydroxyl groups excluding tert-OH is 1. The van der Waals surface area contributed by atoms with E-state index in [1.165, 1.54) is 6.33 Å². The van der Waals surface area contributed by atoms with Crippen LogP contribution in [0.3, 0.4) is 0 Å². The Balaban J connectivity index is 1.66. The zero-order valence-corrected chi connectivity index (χ0v) is 18.7. The number of hydrogen-bond donors (Lipinski definition) is 2. The predicted octanol–water partition coefficient (Wildman–Crippen LogP) is 4.12. The van der Waals surface area contributed by atoms with Gasteiger partial charge in [-0.2, -0.15) is 4.36 Å². The van der Waals surface area contributed by atoms with Gasteiger partial charge in [-0.25, -0.2) is 19.2 Å². The zero-order chi connectivity index (χ0) is 22.0. The highest BCUT2D eigenvalue weighted by Gasteiger charge is 2.22. The second-order valence-corrected chi connectivity index (χ2v) is 10.7. The molecule has 0 spiro atoms. The maximum absolute atomic E-state index is 12.1. The highest BCUT2D eigenvalue weighted by molar-refractivity contribution is 7.92. The van der Waals surface area contributed by atoms with Crippen molar-refractivity contribution in [3.63, 3.8) is 0 Å². The van der Waals surface area contributed by atoms with E-state index >= 15 is 0 Å². The smallest absolute Gasteiger partial charge is 0.238 e. The van der Waals surface area contributed by atoms with E-state index in [2.05, 4.69) is 24.6 Å². The van der Waals surface area contributed by atoms with E-state index in [0.29, 0.717) is 28.6 Å². The van der Waals surface area contributed by atoms with Crippen molar-refractivity contribution < 1.29 is 14.1 Å². The predicted molar refractivity (Wildman–Crippen MR) is 123 cm³/mol. The first kappa shape index (κ1) is 21.5. The molecule has 0 amide bonds. The number of aromatic nitrogens is 3. The molecule has 0 bridgehead atoms. The SMILES string of the molecule is Cc1cc(N=S(C)(C)=O)cc2ncnc(Nc3cccnc3OC3CCC(O)CC3)c12. The molecule has 2 heterocycles. The molecule has 1 aromatic carbocycles. The number of ether oxygens (including phenoxy) is 1.